The van der Waals surface area contributed by atoms with Gasteiger partial charge in [0.1, 0.15) is 5.69 Å². The van der Waals surface area contributed by atoms with Crippen LogP contribution in [0.25, 0.3) is 0 Å². The SMILES string of the molecule is Cc1ccc([N+](=O)[O-])cc1NC(=O)c1cncn1C. The van der Waals surface area contributed by atoms with Crippen LogP contribution in [0.1, 0.15) is 16.1 Å². The summed E-state index contributed by atoms with van der Waals surface area (Å²) in [5.74, 6) is -0.358. The quantitative estimate of drug-likeness (QED) is 0.674. The summed E-state index contributed by atoms with van der Waals surface area (Å²) in [5, 5.41) is 13.4. The molecule has 1 N–H and O–H groups in total. The third-order valence-electron chi connectivity index (χ3n) is 2.73. The number of amides is 1. The summed E-state index contributed by atoms with van der Waals surface area (Å²) < 4.78 is 1.57. The Morgan fingerprint density at radius 3 is 2.79 bits per heavy atom. The van der Waals surface area contributed by atoms with Gasteiger partial charge >= 0.3 is 0 Å². The van der Waals surface area contributed by atoms with Crippen molar-refractivity contribution in [3.8, 4) is 0 Å². The van der Waals surface area contributed by atoms with Gasteiger partial charge in [-0.25, -0.2) is 4.98 Å². The van der Waals surface area contributed by atoms with E-state index in [-0.39, 0.29) is 11.6 Å². The molecule has 0 aliphatic heterocycles. The van der Waals surface area contributed by atoms with Crippen molar-refractivity contribution in [2.45, 2.75) is 6.92 Å². The smallest absolute Gasteiger partial charge is 0.273 e. The second-order valence-electron chi connectivity index (χ2n) is 4.10. The first kappa shape index (κ1) is 12.7. The Kier molecular flexibility index (Phi) is 3.28. The molecule has 0 fully saturated rings. The van der Waals surface area contributed by atoms with Crippen LogP contribution in [0.5, 0.6) is 0 Å². The second kappa shape index (κ2) is 4.89. The number of carbonyl (C=O) groups is 1. The molecule has 0 saturated heterocycles. The minimum Gasteiger partial charge on any atom is -0.330 e. The highest BCUT2D eigenvalue weighted by Gasteiger charge is 2.14. The molecular formula is C12H12N4O3. The van der Waals surface area contributed by atoms with Crippen molar-refractivity contribution in [3.63, 3.8) is 0 Å². The van der Waals surface area contributed by atoms with Crippen molar-refractivity contribution < 1.29 is 9.72 Å². The largest absolute Gasteiger partial charge is 0.330 e. The van der Waals surface area contributed by atoms with Crippen LogP contribution in [-0.4, -0.2) is 20.4 Å². The topological polar surface area (TPSA) is 90.1 Å². The van der Waals surface area contributed by atoms with E-state index in [1.54, 1.807) is 24.6 Å². The minimum atomic E-state index is -0.501. The standard InChI is InChI=1S/C12H12N4O3/c1-8-3-4-9(16(18)19)5-10(8)14-12(17)11-6-13-7-15(11)2/h3-7H,1-2H3,(H,14,17). The molecule has 1 aromatic carbocycles. The van der Waals surface area contributed by atoms with E-state index in [1.165, 1.54) is 24.7 Å². The van der Waals surface area contributed by atoms with Gasteiger partial charge in [0.15, 0.2) is 0 Å². The van der Waals surface area contributed by atoms with Crippen molar-refractivity contribution in [1.29, 1.82) is 0 Å². The number of non-ortho nitro benzene ring substituents is 1. The van der Waals surface area contributed by atoms with Crippen LogP contribution in [0, 0.1) is 17.0 Å². The zero-order valence-electron chi connectivity index (χ0n) is 10.5. The lowest BCUT2D eigenvalue weighted by molar-refractivity contribution is -0.384. The highest BCUT2D eigenvalue weighted by Crippen LogP contribution is 2.22. The first-order chi connectivity index (χ1) is 8.99. The summed E-state index contributed by atoms with van der Waals surface area (Å²) in [5.41, 5.74) is 1.48. The van der Waals surface area contributed by atoms with E-state index in [2.05, 4.69) is 10.3 Å². The summed E-state index contributed by atoms with van der Waals surface area (Å²) >= 11 is 0. The number of benzene rings is 1. The molecule has 7 heteroatoms. The normalized spacial score (nSPS) is 10.2. The molecule has 1 amide bonds. The molecule has 0 aliphatic carbocycles. The van der Waals surface area contributed by atoms with E-state index in [9.17, 15) is 14.9 Å². The number of hydrogen-bond donors (Lipinski definition) is 1. The number of aromatic nitrogens is 2. The van der Waals surface area contributed by atoms with Gasteiger partial charge in [0, 0.05) is 19.2 Å². The Hall–Kier alpha value is -2.70. The molecule has 7 nitrogen and oxygen atoms in total. The molecule has 0 bridgehead atoms. The molecule has 1 heterocycles. The van der Waals surface area contributed by atoms with E-state index < -0.39 is 4.92 Å². The number of nitro benzene ring substituents is 1. The second-order valence-corrected chi connectivity index (χ2v) is 4.10. The average Bonchev–Trinajstić information content (AvgIpc) is 2.78. The molecule has 98 valence electrons. The van der Waals surface area contributed by atoms with E-state index in [4.69, 9.17) is 0 Å². The van der Waals surface area contributed by atoms with Gasteiger partial charge in [0.25, 0.3) is 11.6 Å². The fourth-order valence-electron chi connectivity index (χ4n) is 1.62. The van der Waals surface area contributed by atoms with Crippen molar-refractivity contribution in [1.82, 2.24) is 9.55 Å². The fourth-order valence-corrected chi connectivity index (χ4v) is 1.62. The van der Waals surface area contributed by atoms with Crippen molar-refractivity contribution >= 4 is 17.3 Å². The van der Waals surface area contributed by atoms with Gasteiger partial charge in [-0.05, 0) is 12.5 Å². The van der Waals surface area contributed by atoms with Crippen molar-refractivity contribution in [2.24, 2.45) is 7.05 Å². The van der Waals surface area contributed by atoms with Crippen LogP contribution < -0.4 is 5.32 Å². The number of aryl methyl sites for hydroxylation is 2. The molecule has 0 aliphatic rings. The van der Waals surface area contributed by atoms with Crippen LogP contribution in [0.2, 0.25) is 0 Å². The van der Waals surface area contributed by atoms with Gasteiger partial charge in [-0.1, -0.05) is 6.07 Å². The maximum Gasteiger partial charge on any atom is 0.273 e. The molecule has 0 unspecified atom stereocenters. The van der Waals surface area contributed by atoms with Gasteiger partial charge in [-0.3, -0.25) is 14.9 Å². The van der Waals surface area contributed by atoms with Crippen molar-refractivity contribution in [2.75, 3.05) is 5.32 Å². The number of imidazole rings is 1. The molecule has 0 atom stereocenters. The van der Waals surface area contributed by atoms with Gasteiger partial charge < -0.3 is 9.88 Å². The maximum absolute atomic E-state index is 12.0. The van der Waals surface area contributed by atoms with E-state index in [1.807, 2.05) is 0 Å². The summed E-state index contributed by atoms with van der Waals surface area (Å²) in [6.45, 7) is 1.77. The zero-order valence-corrected chi connectivity index (χ0v) is 10.5. The Bertz CT molecular complexity index is 648. The maximum atomic E-state index is 12.0. The molecule has 0 spiro atoms. The Labute approximate surface area is 109 Å². The predicted molar refractivity (Wildman–Crippen MR) is 69.0 cm³/mol. The van der Waals surface area contributed by atoms with Crippen LogP contribution in [0.3, 0.4) is 0 Å². The minimum absolute atomic E-state index is 0.0640. The lowest BCUT2D eigenvalue weighted by Crippen LogP contribution is -2.16. The highest BCUT2D eigenvalue weighted by atomic mass is 16.6. The molecule has 0 saturated carbocycles. The number of anilines is 1. The predicted octanol–water partition coefficient (Wildman–Crippen LogP) is 1.89. The van der Waals surface area contributed by atoms with Gasteiger partial charge in [0.2, 0.25) is 0 Å². The summed E-state index contributed by atoms with van der Waals surface area (Å²) in [6.07, 6.45) is 2.94. The van der Waals surface area contributed by atoms with Gasteiger partial charge in [-0.15, -0.1) is 0 Å². The molecule has 19 heavy (non-hydrogen) atoms. The van der Waals surface area contributed by atoms with Gasteiger partial charge in [-0.2, -0.15) is 0 Å². The third-order valence-corrected chi connectivity index (χ3v) is 2.73. The van der Waals surface area contributed by atoms with E-state index >= 15 is 0 Å². The number of nitrogens with zero attached hydrogens (tertiary/aromatic N) is 3. The van der Waals surface area contributed by atoms with E-state index in [0.29, 0.717) is 11.4 Å². The molecule has 0 radical (unpaired) electrons. The summed E-state index contributed by atoms with van der Waals surface area (Å²) in [7, 11) is 1.70. The summed E-state index contributed by atoms with van der Waals surface area (Å²) in [6, 6.07) is 4.33. The number of carbonyl (C=O) groups excluding carboxylic acids is 1. The number of nitro groups is 1. The zero-order chi connectivity index (χ0) is 14.0. The Morgan fingerprint density at radius 1 is 1.47 bits per heavy atom. The third kappa shape index (κ3) is 2.59. The lowest BCUT2D eigenvalue weighted by atomic mass is 10.2. The lowest BCUT2D eigenvalue weighted by Gasteiger charge is -2.08. The van der Waals surface area contributed by atoms with Crippen molar-refractivity contribution in [3.05, 3.63) is 52.1 Å². The fraction of sp³-hybridized carbons (Fsp3) is 0.167. The average molecular weight is 260 g/mol. The molecule has 1 aromatic heterocycles. The van der Waals surface area contributed by atoms with Crippen LogP contribution >= 0.6 is 0 Å². The Balaban J connectivity index is 2.28. The molecule has 2 rings (SSSR count). The van der Waals surface area contributed by atoms with Gasteiger partial charge in [0.05, 0.1) is 23.1 Å². The van der Waals surface area contributed by atoms with Crippen LogP contribution in [0.4, 0.5) is 11.4 Å². The van der Waals surface area contributed by atoms with Crippen LogP contribution in [-0.2, 0) is 7.05 Å². The molecule has 2 aromatic rings. The van der Waals surface area contributed by atoms with Crippen LogP contribution in [0.15, 0.2) is 30.7 Å². The first-order valence-corrected chi connectivity index (χ1v) is 5.52. The first-order valence-electron chi connectivity index (χ1n) is 5.52. The number of rotatable bonds is 3. The molecular weight excluding hydrogens is 248 g/mol. The van der Waals surface area contributed by atoms with E-state index in [0.717, 1.165) is 5.56 Å². The number of nitrogens with one attached hydrogen (secondary N) is 1. The highest BCUT2D eigenvalue weighted by molar-refractivity contribution is 6.03. The summed E-state index contributed by atoms with van der Waals surface area (Å²) in [4.78, 5) is 26.0. The monoisotopic (exact) mass is 260 g/mol. The Morgan fingerprint density at radius 2 is 2.21 bits per heavy atom. The number of hydrogen-bond acceptors (Lipinski definition) is 4.